The van der Waals surface area contributed by atoms with Crippen LogP contribution >= 0.6 is 0 Å². The summed E-state index contributed by atoms with van der Waals surface area (Å²) < 4.78 is 57.5. The van der Waals surface area contributed by atoms with Crippen LogP contribution in [0.5, 0.6) is 5.75 Å². The van der Waals surface area contributed by atoms with Gasteiger partial charge in [0, 0.05) is 19.6 Å². The Morgan fingerprint density at radius 2 is 1.80 bits per heavy atom. The van der Waals surface area contributed by atoms with E-state index in [1.54, 1.807) is 25.3 Å². The molecule has 0 spiro atoms. The summed E-state index contributed by atoms with van der Waals surface area (Å²) in [6, 6.07) is 7.22. The number of ether oxygens (including phenoxy) is 1. The number of aryl methyl sites for hydroxylation is 1. The molecule has 1 aromatic carbocycles. The Morgan fingerprint density at radius 3 is 2.48 bits per heavy atom. The average molecular weight is 391 g/mol. The third kappa shape index (κ3) is 6.58. The molecule has 0 aromatic heterocycles. The molecule has 2 rings (SSSR count). The van der Waals surface area contributed by atoms with Gasteiger partial charge in [-0.1, -0.05) is 18.6 Å². The smallest absolute Gasteiger partial charge is 0.215 e. The molecule has 1 saturated heterocycles. The molecule has 142 valence electrons. The lowest BCUT2D eigenvalue weighted by Gasteiger charge is -2.25. The fourth-order valence-electron chi connectivity index (χ4n) is 2.75. The summed E-state index contributed by atoms with van der Waals surface area (Å²) >= 11 is 0. The predicted octanol–water partition coefficient (Wildman–Crippen LogP) is 0.973. The topological polar surface area (TPSA) is 92.8 Å². The molecule has 0 saturated carbocycles. The molecule has 1 heterocycles. The van der Waals surface area contributed by atoms with E-state index in [-0.39, 0.29) is 18.1 Å². The van der Waals surface area contributed by atoms with Gasteiger partial charge in [0.05, 0.1) is 18.6 Å². The van der Waals surface area contributed by atoms with Gasteiger partial charge < -0.3 is 4.74 Å². The van der Waals surface area contributed by atoms with E-state index < -0.39 is 20.0 Å². The van der Waals surface area contributed by atoms with Crippen molar-refractivity contribution in [3.8, 4) is 5.75 Å². The van der Waals surface area contributed by atoms with Crippen LogP contribution in [-0.2, 0) is 26.5 Å². The minimum absolute atomic E-state index is 0.0933. The Balaban J connectivity index is 1.80. The molecular formula is C16H26N2O5S2. The van der Waals surface area contributed by atoms with Crippen LogP contribution in [0.4, 0.5) is 0 Å². The number of sulfonamides is 2. The van der Waals surface area contributed by atoms with Crippen LogP contribution in [0.25, 0.3) is 0 Å². The van der Waals surface area contributed by atoms with Crippen molar-refractivity contribution < 1.29 is 21.6 Å². The number of piperidine rings is 1. The van der Waals surface area contributed by atoms with Crippen molar-refractivity contribution in [1.29, 1.82) is 0 Å². The molecule has 0 bridgehead atoms. The second-order valence-corrected chi connectivity index (χ2v) is 10.1. The minimum Gasteiger partial charge on any atom is -0.497 e. The summed E-state index contributed by atoms with van der Waals surface area (Å²) in [7, 11) is -5.36. The Kier molecular flexibility index (Phi) is 7.24. The first kappa shape index (κ1) is 20.2. The summed E-state index contributed by atoms with van der Waals surface area (Å²) in [6.07, 6.45) is 3.12. The third-order valence-corrected chi connectivity index (χ3v) is 7.44. The second kappa shape index (κ2) is 8.98. The maximum Gasteiger partial charge on any atom is 0.215 e. The zero-order valence-electron chi connectivity index (χ0n) is 14.5. The van der Waals surface area contributed by atoms with Gasteiger partial charge in [0.15, 0.2) is 0 Å². The highest BCUT2D eigenvalue weighted by atomic mass is 32.2. The normalized spacial score (nSPS) is 16.7. The second-order valence-electron chi connectivity index (χ2n) is 6.09. The number of hydrogen-bond acceptors (Lipinski definition) is 5. The van der Waals surface area contributed by atoms with Crippen molar-refractivity contribution in [3.63, 3.8) is 0 Å². The van der Waals surface area contributed by atoms with Gasteiger partial charge in [0.1, 0.15) is 5.75 Å². The molecule has 7 nitrogen and oxygen atoms in total. The number of methoxy groups -OCH3 is 1. The van der Waals surface area contributed by atoms with E-state index in [4.69, 9.17) is 4.74 Å². The van der Waals surface area contributed by atoms with E-state index in [9.17, 15) is 16.8 Å². The molecular weight excluding hydrogens is 364 g/mol. The quantitative estimate of drug-likeness (QED) is 0.678. The SMILES string of the molecule is COc1cccc(CCS(=O)(=O)NCCS(=O)(=O)N2CCCCC2)c1. The van der Waals surface area contributed by atoms with Crippen molar-refractivity contribution in [2.75, 3.05) is 38.2 Å². The number of hydrogen-bond donors (Lipinski definition) is 1. The van der Waals surface area contributed by atoms with Crippen LogP contribution in [-0.4, -0.2) is 59.4 Å². The molecule has 1 aromatic rings. The number of nitrogens with zero attached hydrogens (tertiary/aromatic N) is 1. The van der Waals surface area contributed by atoms with Gasteiger partial charge in [-0.25, -0.2) is 25.9 Å². The van der Waals surface area contributed by atoms with Crippen molar-refractivity contribution in [1.82, 2.24) is 9.03 Å². The Labute approximate surface area is 150 Å². The molecule has 0 amide bonds. The first-order valence-corrected chi connectivity index (χ1v) is 11.7. The average Bonchev–Trinajstić information content (AvgIpc) is 2.61. The van der Waals surface area contributed by atoms with E-state index in [0.29, 0.717) is 25.3 Å². The summed E-state index contributed by atoms with van der Waals surface area (Å²) in [5, 5.41) is 0. The van der Waals surface area contributed by atoms with E-state index >= 15 is 0 Å². The largest absolute Gasteiger partial charge is 0.497 e. The van der Waals surface area contributed by atoms with Crippen LogP contribution < -0.4 is 9.46 Å². The highest BCUT2D eigenvalue weighted by Crippen LogP contribution is 2.14. The van der Waals surface area contributed by atoms with Gasteiger partial charge in [0.2, 0.25) is 20.0 Å². The maximum atomic E-state index is 12.2. The first-order valence-electron chi connectivity index (χ1n) is 8.40. The Morgan fingerprint density at radius 1 is 1.08 bits per heavy atom. The lowest BCUT2D eigenvalue weighted by Crippen LogP contribution is -2.40. The number of benzene rings is 1. The van der Waals surface area contributed by atoms with Crippen molar-refractivity contribution in [3.05, 3.63) is 29.8 Å². The molecule has 1 N–H and O–H groups in total. The standard InChI is InChI=1S/C16H26N2O5S2/c1-23-16-7-5-6-15(14-16)8-12-24(19,20)17-9-13-25(21,22)18-10-3-2-4-11-18/h5-7,14,17H,2-4,8-13H2,1H3. The molecule has 9 heteroatoms. The van der Waals surface area contributed by atoms with Crippen LogP contribution in [0.2, 0.25) is 0 Å². The van der Waals surface area contributed by atoms with Crippen LogP contribution in [0.1, 0.15) is 24.8 Å². The van der Waals surface area contributed by atoms with Crippen LogP contribution in [0.15, 0.2) is 24.3 Å². The molecule has 0 atom stereocenters. The van der Waals surface area contributed by atoms with Gasteiger partial charge in [-0.15, -0.1) is 0 Å². The van der Waals surface area contributed by atoms with Gasteiger partial charge in [-0.05, 0) is 37.0 Å². The van der Waals surface area contributed by atoms with Crippen LogP contribution in [0.3, 0.4) is 0 Å². The van der Waals surface area contributed by atoms with E-state index in [1.807, 2.05) is 6.07 Å². The molecule has 0 unspecified atom stereocenters. The van der Waals surface area contributed by atoms with Crippen LogP contribution in [0, 0.1) is 0 Å². The fourth-order valence-corrected chi connectivity index (χ4v) is 5.37. The molecule has 1 aliphatic heterocycles. The zero-order valence-corrected chi connectivity index (χ0v) is 16.1. The number of nitrogens with one attached hydrogen (secondary N) is 1. The third-order valence-electron chi connectivity index (χ3n) is 4.18. The molecule has 0 radical (unpaired) electrons. The van der Waals surface area contributed by atoms with Gasteiger partial charge in [-0.2, -0.15) is 0 Å². The molecule has 1 aliphatic rings. The van der Waals surface area contributed by atoms with Crippen molar-refractivity contribution >= 4 is 20.0 Å². The van der Waals surface area contributed by atoms with Crippen molar-refractivity contribution in [2.24, 2.45) is 0 Å². The Bertz CT molecular complexity index is 756. The van der Waals surface area contributed by atoms with Crippen molar-refractivity contribution in [2.45, 2.75) is 25.7 Å². The lowest BCUT2D eigenvalue weighted by molar-refractivity contribution is 0.346. The molecule has 1 fully saturated rings. The monoisotopic (exact) mass is 390 g/mol. The number of rotatable bonds is 9. The highest BCUT2D eigenvalue weighted by Gasteiger charge is 2.24. The van der Waals surface area contributed by atoms with E-state index in [2.05, 4.69) is 4.72 Å². The molecule has 0 aliphatic carbocycles. The maximum absolute atomic E-state index is 12.2. The highest BCUT2D eigenvalue weighted by molar-refractivity contribution is 7.90. The minimum atomic E-state index is -3.53. The van der Waals surface area contributed by atoms with E-state index in [1.165, 1.54) is 4.31 Å². The van der Waals surface area contributed by atoms with E-state index in [0.717, 1.165) is 24.8 Å². The first-order chi connectivity index (χ1) is 11.8. The van der Waals surface area contributed by atoms with Gasteiger partial charge in [-0.3, -0.25) is 0 Å². The van der Waals surface area contributed by atoms with Gasteiger partial charge in [0.25, 0.3) is 0 Å². The Hall–Kier alpha value is -1.16. The lowest BCUT2D eigenvalue weighted by atomic mass is 10.2. The molecule has 25 heavy (non-hydrogen) atoms. The summed E-state index contributed by atoms with van der Waals surface area (Å²) in [4.78, 5) is 0. The zero-order chi connectivity index (χ0) is 18.3. The summed E-state index contributed by atoms with van der Waals surface area (Å²) in [6.45, 7) is 0.967. The summed E-state index contributed by atoms with van der Waals surface area (Å²) in [5.74, 6) is 0.380. The predicted molar refractivity (Wildman–Crippen MR) is 97.7 cm³/mol. The van der Waals surface area contributed by atoms with Gasteiger partial charge >= 0.3 is 0 Å². The fraction of sp³-hybridized carbons (Fsp3) is 0.625. The summed E-state index contributed by atoms with van der Waals surface area (Å²) in [5.41, 5.74) is 0.852.